The van der Waals surface area contributed by atoms with Crippen molar-refractivity contribution < 1.29 is 9.59 Å². The van der Waals surface area contributed by atoms with Crippen molar-refractivity contribution in [2.75, 3.05) is 10.6 Å². The van der Waals surface area contributed by atoms with Crippen LogP contribution in [-0.4, -0.2) is 21.7 Å². The largest absolute Gasteiger partial charge is 0.324 e. The summed E-state index contributed by atoms with van der Waals surface area (Å²) in [5.74, 6) is 0.453. The molecule has 0 spiro atoms. The molecule has 0 bridgehead atoms. The molecule has 29 heavy (non-hydrogen) atoms. The van der Waals surface area contributed by atoms with Crippen molar-refractivity contribution in [1.82, 2.24) is 9.97 Å². The lowest BCUT2D eigenvalue weighted by atomic mass is 10.0. The van der Waals surface area contributed by atoms with E-state index < -0.39 is 0 Å². The number of amides is 1. The van der Waals surface area contributed by atoms with E-state index in [-0.39, 0.29) is 17.4 Å². The van der Waals surface area contributed by atoms with Gasteiger partial charge in [-0.15, -0.1) is 0 Å². The number of carbonyl (C=O) groups is 2. The summed E-state index contributed by atoms with van der Waals surface area (Å²) < 4.78 is 0. The van der Waals surface area contributed by atoms with Crippen molar-refractivity contribution >= 4 is 29.0 Å². The fraction of sp³-hybridized carbons (Fsp3) is 0.217. The summed E-state index contributed by atoms with van der Waals surface area (Å²) in [7, 11) is 0. The zero-order valence-corrected chi connectivity index (χ0v) is 17.0. The average Bonchev–Trinajstić information content (AvgIpc) is 2.68. The SMILES string of the molecule is CC(=O)c1ccc(NC(=O)c2cc(C)nc(Nc3ccc(C(C)C)cc3)n2)cc1. The second-order valence-electron chi connectivity index (χ2n) is 7.21. The van der Waals surface area contributed by atoms with Gasteiger partial charge in [-0.2, -0.15) is 0 Å². The fourth-order valence-electron chi connectivity index (χ4n) is 2.80. The smallest absolute Gasteiger partial charge is 0.274 e. The number of anilines is 3. The third-order valence-electron chi connectivity index (χ3n) is 4.47. The van der Waals surface area contributed by atoms with Crippen molar-refractivity contribution in [2.45, 2.75) is 33.6 Å². The number of Topliss-reactive ketones (excluding diaryl/α,β-unsaturated/α-hetero) is 1. The molecule has 0 aliphatic heterocycles. The van der Waals surface area contributed by atoms with Crippen LogP contribution in [0.4, 0.5) is 17.3 Å². The number of rotatable bonds is 6. The molecule has 0 aliphatic carbocycles. The number of hydrogen-bond donors (Lipinski definition) is 2. The van der Waals surface area contributed by atoms with Gasteiger partial charge in [0.25, 0.3) is 5.91 Å². The van der Waals surface area contributed by atoms with Gasteiger partial charge in [0.15, 0.2) is 5.78 Å². The first-order valence-corrected chi connectivity index (χ1v) is 9.47. The number of nitrogens with zero attached hydrogens (tertiary/aromatic N) is 2. The minimum absolute atomic E-state index is 0.0218. The molecule has 1 amide bonds. The maximum Gasteiger partial charge on any atom is 0.274 e. The summed E-state index contributed by atoms with van der Waals surface area (Å²) in [5.41, 5.74) is 4.22. The molecule has 0 unspecified atom stereocenters. The van der Waals surface area contributed by atoms with E-state index in [0.29, 0.717) is 28.8 Å². The van der Waals surface area contributed by atoms with E-state index in [1.54, 1.807) is 30.3 Å². The molecule has 0 saturated carbocycles. The molecule has 6 heteroatoms. The van der Waals surface area contributed by atoms with Crippen LogP contribution in [0.25, 0.3) is 0 Å². The van der Waals surface area contributed by atoms with Gasteiger partial charge in [0.05, 0.1) is 0 Å². The molecule has 2 aromatic carbocycles. The molecular formula is C23H24N4O2. The maximum atomic E-state index is 12.6. The Kier molecular flexibility index (Phi) is 6.02. The lowest BCUT2D eigenvalue weighted by Gasteiger charge is -2.10. The molecular weight excluding hydrogens is 364 g/mol. The average molecular weight is 388 g/mol. The first-order chi connectivity index (χ1) is 13.8. The van der Waals surface area contributed by atoms with E-state index >= 15 is 0 Å². The molecule has 6 nitrogen and oxygen atoms in total. The van der Waals surface area contributed by atoms with Gasteiger partial charge in [-0.1, -0.05) is 26.0 Å². The van der Waals surface area contributed by atoms with Crippen LogP contribution in [-0.2, 0) is 0 Å². The Labute approximate surface area is 170 Å². The molecule has 0 radical (unpaired) electrons. The highest BCUT2D eigenvalue weighted by molar-refractivity contribution is 6.03. The van der Waals surface area contributed by atoms with Crippen LogP contribution in [0.5, 0.6) is 0 Å². The predicted molar refractivity (Wildman–Crippen MR) is 115 cm³/mol. The summed E-state index contributed by atoms with van der Waals surface area (Å²) in [6.07, 6.45) is 0. The number of ketones is 1. The monoisotopic (exact) mass is 388 g/mol. The minimum Gasteiger partial charge on any atom is -0.324 e. The summed E-state index contributed by atoms with van der Waals surface area (Å²) in [6, 6.07) is 16.4. The number of nitrogens with one attached hydrogen (secondary N) is 2. The molecule has 148 valence electrons. The van der Waals surface area contributed by atoms with Crippen LogP contribution in [0.15, 0.2) is 54.6 Å². The number of carbonyl (C=O) groups excluding carboxylic acids is 2. The normalized spacial score (nSPS) is 10.7. The Morgan fingerprint density at radius 3 is 2.10 bits per heavy atom. The molecule has 0 aliphatic rings. The molecule has 0 atom stereocenters. The lowest BCUT2D eigenvalue weighted by molar-refractivity contribution is 0.101. The number of aromatic nitrogens is 2. The van der Waals surface area contributed by atoms with E-state index in [4.69, 9.17) is 0 Å². The van der Waals surface area contributed by atoms with Crippen LogP contribution >= 0.6 is 0 Å². The third-order valence-corrected chi connectivity index (χ3v) is 4.47. The third kappa shape index (κ3) is 5.25. The molecule has 0 fully saturated rings. The van der Waals surface area contributed by atoms with E-state index in [0.717, 1.165) is 5.69 Å². The van der Waals surface area contributed by atoms with Crippen molar-refractivity contribution in [2.24, 2.45) is 0 Å². The topological polar surface area (TPSA) is 84.0 Å². The summed E-state index contributed by atoms with van der Waals surface area (Å²) >= 11 is 0. The standard InChI is InChI=1S/C23H24N4O2/c1-14(2)17-5-9-20(10-6-17)26-23-24-15(3)13-21(27-23)22(29)25-19-11-7-18(8-12-19)16(4)28/h5-14H,1-4H3,(H,25,29)(H,24,26,27). The van der Waals surface area contributed by atoms with Gasteiger partial charge < -0.3 is 10.6 Å². The van der Waals surface area contributed by atoms with Gasteiger partial charge in [0, 0.05) is 22.6 Å². The number of aryl methyl sites for hydroxylation is 1. The highest BCUT2D eigenvalue weighted by Crippen LogP contribution is 2.20. The van der Waals surface area contributed by atoms with Crippen molar-refractivity contribution in [3.05, 3.63) is 77.1 Å². The molecule has 1 aromatic heterocycles. The zero-order valence-electron chi connectivity index (χ0n) is 17.0. The fourth-order valence-corrected chi connectivity index (χ4v) is 2.80. The molecule has 1 heterocycles. The minimum atomic E-state index is -0.343. The maximum absolute atomic E-state index is 12.6. The Bertz CT molecular complexity index is 1030. The van der Waals surface area contributed by atoms with Crippen LogP contribution in [0, 0.1) is 6.92 Å². The summed E-state index contributed by atoms with van der Waals surface area (Å²) in [4.78, 5) is 32.7. The highest BCUT2D eigenvalue weighted by atomic mass is 16.2. The Balaban J connectivity index is 1.75. The van der Waals surface area contributed by atoms with Crippen molar-refractivity contribution in [1.29, 1.82) is 0 Å². The Morgan fingerprint density at radius 2 is 1.52 bits per heavy atom. The molecule has 2 N–H and O–H groups in total. The van der Waals surface area contributed by atoms with Crippen molar-refractivity contribution in [3.8, 4) is 0 Å². The quantitative estimate of drug-likeness (QED) is 0.574. The van der Waals surface area contributed by atoms with Gasteiger partial charge in [-0.3, -0.25) is 9.59 Å². The Hall–Kier alpha value is -3.54. The van der Waals surface area contributed by atoms with E-state index in [1.807, 2.05) is 19.1 Å². The summed E-state index contributed by atoms with van der Waals surface area (Å²) in [5, 5.41) is 5.94. The Morgan fingerprint density at radius 1 is 0.897 bits per heavy atom. The van der Waals surface area contributed by atoms with Gasteiger partial charge in [-0.05, 0) is 67.8 Å². The van der Waals surface area contributed by atoms with E-state index in [2.05, 4.69) is 46.6 Å². The highest BCUT2D eigenvalue weighted by Gasteiger charge is 2.12. The predicted octanol–water partition coefficient (Wildman–Crippen LogP) is 5.11. The summed E-state index contributed by atoms with van der Waals surface area (Å²) in [6.45, 7) is 7.60. The first kappa shape index (κ1) is 20.2. The van der Waals surface area contributed by atoms with E-state index in [1.165, 1.54) is 12.5 Å². The van der Waals surface area contributed by atoms with Crippen LogP contribution in [0.2, 0.25) is 0 Å². The molecule has 0 saturated heterocycles. The van der Waals surface area contributed by atoms with Crippen molar-refractivity contribution in [3.63, 3.8) is 0 Å². The van der Waals surface area contributed by atoms with Gasteiger partial charge in [0.2, 0.25) is 5.95 Å². The van der Waals surface area contributed by atoms with Gasteiger partial charge >= 0.3 is 0 Å². The number of hydrogen-bond acceptors (Lipinski definition) is 5. The van der Waals surface area contributed by atoms with Crippen LogP contribution < -0.4 is 10.6 Å². The number of benzene rings is 2. The molecule has 3 aromatic rings. The van der Waals surface area contributed by atoms with Gasteiger partial charge in [-0.25, -0.2) is 9.97 Å². The van der Waals surface area contributed by atoms with Crippen LogP contribution in [0.1, 0.15) is 58.8 Å². The first-order valence-electron chi connectivity index (χ1n) is 9.47. The zero-order chi connectivity index (χ0) is 21.0. The van der Waals surface area contributed by atoms with Gasteiger partial charge in [0.1, 0.15) is 5.69 Å². The molecule has 3 rings (SSSR count). The van der Waals surface area contributed by atoms with E-state index in [9.17, 15) is 9.59 Å². The second kappa shape index (κ2) is 8.65. The van der Waals surface area contributed by atoms with Crippen LogP contribution in [0.3, 0.4) is 0 Å². The second-order valence-corrected chi connectivity index (χ2v) is 7.21. The lowest BCUT2D eigenvalue weighted by Crippen LogP contribution is -2.15.